The molecule has 1 rings (SSSR count). The average molecular weight is 210 g/mol. The molecule has 82 valence electrons. The first-order valence-corrected chi connectivity index (χ1v) is 4.61. The van der Waals surface area contributed by atoms with Crippen LogP contribution < -0.4 is 11.1 Å². The zero-order valence-electron chi connectivity index (χ0n) is 8.45. The summed E-state index contributed by atoms with van der Waals surface area (Å²) in [4.78, 5) is 11.5. The van der Waals surface area contributed by atoms with Crippen LogP contribution in [0.25, 0.3) is 0 Å². The van der Waals surface area contributed by atoms with Crippen molar-refractivity contribution < 1.29 is 15.0 Å². The largest absolute Gasteiger partial charge is 0.507 e. The predicted octanol–water partition coefficient (Wildman–Crippen LogP) is 0.472. The number of carbonyl (C=O) groups is 1. The van der Waals surface area contributed by atoms with Crippen LogP contribution in [0.5, 0.6) is 11.5 Å². The fourth-order valence-electron chi connectivity index (χ4n) is 1.15. The Hall–Kier alpha value is -1.75. The molecule has 1 aromatic carbocycles. The minimum atomic E-state index is -0.263. The van der Waals surface area contributed by atoms with Gasteiger partial charge in [-0.15, -0.1) is 0 Å². The van der Waals surface area contributed by atoms with Gasteiger partial charge < -0.3 is 21.3 Å². The quantitative estimate of drug-likeness (QED) is 0.251. The Morgan fingerprint density at radius 1 is 1.40 bits per heavy atom. The molecule has 0 aliphatic heterocycles. The number of rotatable bonds is 4. The van der Waals surface area contributed by atoms with Crippen molar-refractivity contribution >= 4 is 11.5 Å². The van der Waals surface area contributed by atoms with Crippen LogP contribution in [0.2, 0.25) is 0 Å². The van der Waals surface area contributed by atoms with Crippen LogP contribution in [0.15, 0.2) is 12.1 Å². The van der Waals surface area contributed by atoms with Gasteiger partial charge in [0, 0.05) is 6.07 Å². The third-order valence-corrected chi connectivity index (χ3v) is 1.98. The summed E-state index contributed by atoms with van der Waals surface area (Å²) in [6.07, 6.45) is 0. The lowest BCUT2D eigenvalue weighted by Gasteiger charge is -2.06. The molecule has 0 aliphatic rings. The maximum atomic E-state index is 11.5. The highest BCUT2D eigenvalue weighted by molar-refractivity contribution is 6.01. The van der Waals surface area contributed by atoms with Gasteiger partial charge in [-0.1, -0.05) is 6.92 Å². The Morgan fingerprint density at radius 2 is 2.07 bits per heavy atom. The molecule has 0 aromatic heterocycles. The van der Waals surface area contributed by atoms with E-state index in [4.69, 9.17) is 5.73 Å². The number of carbonyl (C=O) groups excluding carboxylic acids is 1. The zero-order valence-corrected chi connectivity index (χ0v) is 8.45. The number of anilines is 1. The topological polar surface area (TPSA) is 95.6 Å². The first-order valence-electron chi connectivity index (χ1n) is 4.61. The van der Waals surface area contributed by atoms with Crippen molar-refractivity contribution in [2.24, 2.45) is 0 Å². The van der Waals surface area contributed by atoms with Crippen LogP contribution in [0, 0.1) is 0 Å². The van der Waals surface area contributed by atoms with Crippen LogP contribution in [0.4, 0.5) is 5.69 Å². The number of hydrogen-bond donors (Lipinski definition) is 4. The Labute approximate surface area is 87.5 Å². The molecule has 0 amide bonds. The van der Waals surface area contributed by atoms with E-state index in [1.807, 2.05) is 6.92 Å². The summed E-state index contributed by atoms with van der Waals surface area (Å²) >= 11 is 0. The molecule has 0 aliphatic carbocycles. The minimum Gasteiger partial charge on any atom is -0.507 e. The van der Waals surface area contributed by atoms with E-state index in [9.17, 15) is 15.0 Å². The van der Waals surface area contributed by atoms with E-state index in [0.717, 1.165) is 6.07 Å². The second-order valence-corrected chi connectivity index (χ2v) is 3.13. The van der Waals surface area contributed by atoms with Gasteiger partial charge in [-0.2, -0.15) is 0 Å². The Kier molecular flexibility index (Phi) is 3.51. The molecule has 5 N–H and O–H groups in total. The van der Waals surface area contributed by atoms with E-state index < -0.39 is 0 Å². The summed E-state index contributed by atoms with van der Waals surface area (Å²) in [5.41, 5.74) is 5.62. The first kappa shape index (κ1) is 11.3. The normalized spacial score (nSPS) is 10.2. The summed E-state index contributed by atoms with van der Waals surface area (Å²) < 4.78 is 0. The lowest BCUT2D eigenvalue weighted by atomic mass is 10.1. The second kappa shape index (κ2) is 4.65. The van der Waals surface area contributed by atoms with Crippen LogP contribution >= 0.6 is 0 Å². The van der Waals surface area contributed by atoms with Gasteiger partial charge in [0.2, 0.25) is 0 Å². The van der Waals surface area contributed by atoms with Gasteiger partial charge in [-0.3, -0.25) is 4.79 Å². The summed E-state index contributed by atoms with van der Waals surface area (Å²) in [6.45, 7) is 2.67. The van der Waals surface area contributed by atoms with Crippen LogP contribution in [-0.2, 0) is 0 Å². The number of nitrogens with two attached hydrogens (primary N) is 1. The van der Waals surface area contributed by atoms with E-state index in [1.54, 1.807) is 0 Å². The molecule has 5 nitrogen and oxygen atoms in total. The molecule has 0 unspecified atom stereocenters. The fourth-order valence-corrected chi connectivity index (χ4v) is 1.15. The summed E-state index contributed by atoms with van der Waals surface area (Å²) in [5.74, 6) is -0.752. The molecule has 0 spiro atoms. The molecule has 0 bridgehead atoms. The number of aromatic hydroxyl groups is 2. The SMILES string of the molecule is CCNCC(=O)c1cc(N)c(O)cc1O. The highest BCUT2D eigenvalue weighted by Crippen LogP contribution is 2.29. The summed E-state index contributed by atoms with van der Waals surface area (Å²) in [7, 11) is 0. The van der Waals surface area contributed by atoms with Crippen molar-refractivity contribution in [1.29, 1.82) is 0 Å². The number of nitrogens with one attached hydrogen (secondary N) is 1. The van der Waals surface area contributed by atoms with Gasteiger partial charge >= 0.3 is 0 Å². The lowest BCUT2D eigenvalue weighted by Crippen LogP contribution is -2.22. The minimum absolute atomic E-state index is 0.0765. The van der Waals surface area contributed by atoms with E-state index in [-0.39, 0.29) is 35.1 Å². The zero-order chi connectivity index (χ0) is 11.4. The van der Waals surface area contributed by atoms with Crippen molar-refractivity contribution in [3.63, 3.8) is 0 Å². The van der Waals surface area contributed by atoms with Crippen molar-refractivity contribution in [3.8, 4) is 11.5 Å². The highest BCUT2D eigenvalue weighted by Gasteiger charge is 2.13. The molecule has 0 heterocycles. The van der Waals surface area contributed by atoms with E-state index in [0.29, 0.717) is 6.54 Å². The number of nitrogen functional groups attached to an aromatic ring is 1. The molecule has 0 atom stereocenters. The molecule has 0 radical (unpaired) electrons. The van der Waals surface area contributed by atoms with Gasteiger partial charge in [0.1, 0.15) is 11.5 Å². The van der Waals surface area contributed by atoms with Crippen LogP contribution in [0.3, 0.4) is 0 Å². The van der Waals surface area contributed by atoms with Crippen LogP contribution in [-0.4, -0.2) is 29.1 Å². The van der Waals surface area contributed by atoms with Crippen molar-refractivity contribution in [2.75, 3.05) is 18.8 Å². The van der Waals surface area contributed by atoms with Crippen molar-refractivity contribution in [3.05, 3.63) is 17.7 Å². The number of Topliss-reactive ketones (excluding diaryl/α,β-unsaturated/α-hetero) is 1. The maximum absolute atomic E-state index is 11.5. The number of hydrogen-bond acceptors (Lipinski definition) is 5. The predicted molar refractivity (Wildman–Crippen MR) is 57.1 cm³/mol. The Balaban J connectivity index is 2.94. The average Bonchev–Trinajstić information content (AvgIpc) is 2.20. The molecule has 0 fully saturated rings. The van der Waals surface area contributed by atoms with Crippen molar-refractivity contribution in [2.45, 2.75) is 6.92 Å². The number of phenolic OH excluding ortho intramolecular Hbond substituents is 2. The standard InChI is InChI=1S/C10H14N2O3/c1-2-12-5-10(15)6-3-7(11)9(14)4-8(6)13/h3-4,12-14H,2,5,11H2,1H3. The summed E-state index contributed by atoms with van der Waals surface area (Å²) in [5, 5.41) is 21.4. The Morgan fingerprint density at radius 3 is 2.67 bits per heavy atom. The maximum Gasteiger partial charge on any atom is 0.180 e. The van der Waals surface area contributed by atoms with Gasteiger partial charge in [0.05, 0.1) is 17.8 Å². The van der Waals surface area contributed by atoms with Gasteiger partial charge in [0.25, 0.3) is 0 Å². The Bertz CT molecular complexity index is 377. The lowest BCUT2D eigenvalue weighted by molar-refractivity contribution is 0.0989. The molecular formula is C10H14N2O3. The molecule has 15 heavy (non-hydrogen) atoms. The second-order valence-electron chi connectivity index (χ2n) is 3.13. The fraction of sp³-hybridized carbons (Fsp3) is 0.300. The number of benzene rings is 1. The van der Waals surface area contributed by atoms with Gasteiger partial charge in [-0.25, -0.2) is 0 Å². The van der Waals surface area contributed by atoms with E-state index >= 15 is 0 Å². The monoisotopic (exact) mass is 210 g/mol. The van der Waals surface area contributed by atoms with E-state index in [1.165, 1.54) is 6.07 Å². The molecular weight excluding hydrogens is 196 g/mol. The van der Waals surface area contributed by atoms with Crippen molar-refractivity contribution in [1.82, 2.24) is 5.32 Å². The third kappa shape index (κ3) is 2.60. The number of ketones is 1. The van der Waals surface area contributed by atoms with Crippen LogP contribution in [0.1, 0.15) is 17.3 Å². The smallest absolute Gasteiger partial charge is 0.180 e. The number of likely N-dealkylation sites (N-methyl/N-ethyl adjacent to an activating group) is 1. The first-order chi connectivity index (χ1) is 7.06. The molecule has 0 saturated heterocycles. The highest BCUT2D eigenvalue weighted by atomic mass is 16.3. The van der Waals surface area contributed by atoms with Gasteiger partial charge in [0.15, 0.2) is 5.78 Å². The van der Waals surface area contributed by atoms with E-state index in [2.05, 4.69) is 5.32 Å². The summed E-state index contributed by atoms with van der Waals surface area (Å²) in [6, 6.07) is 2.33. The molecule has 5 heteroatoms. The molecule has 1 aromatic rings. The van der Waals surface area contributed by atoms with Gasteiger partial charge in [-0.05, 0) is 12.6 Å². The third-order valence-electron chi connectivity index (χ3n) is 1.98. The number of phenols is 2. The molecule has 0 saturated carbocycles.